The number of anilines is 1. The standard InChI is InChI=1S/C15H23BrN2O2/c1-3-4-5-6-7-8-9-17-14-10-12(2)15(18(19)20)11-13(14)16/h10-11,17H,3-9H2,1-2H3. The van der Waals surface area contributed by atoms with Crippen LogP contribution in [0.2, 0.25) is 0 Å². The molecule has 0 amide bonds. The molecule has 4 nitrogen and oxygen atoms in total. The van der Waals surface area contributed by atoms with Gasteiger partial charge in [-0.05, 0) is 35.3 Å². The molecule has 0 unspecified atom stereocenters. The van der Waals surface area contributed by atoms with Gasteiger partial charge in [0.25, 0.3) is 5.69 Å². The molecule has 1 rings (SSSR count). The molecule has 0 fully saturated rings. The molecule has 1 aromatic carbocycles. The monoisotopic (exact) mass is 342 g/mol. The Kier molecular flexibility index (Phi) is 7.59. The molecule has 0 heterocycles. The molecule has 20 heavy (non-hydrogen) atoms. The molecular weight excluding hydrogens is 320 g/mol. The number of halogens is 1. The molecule has 0 aliphatic heterocycles. The Labute approximate surface area is 129 Å². The van der Waals surface area contributed by atoms with E-state index in [-0.39, 0.29) is 10.6 Å². The second-order valence-electron chi connectivity index (χ2n) is 5.07. The molecule has 1 aromatic rings. The Morgan fingerprint density at radius 3 is 2.50 bits per heavy atom. The van der Waals surface area contributed by atoms with E-state index in [1.165, 1.54) is 32.1 Å². The van der Waals surface area contributed by atoms with Crippen LogP contribution in [-0.2, 0) is 0 Å². The first-order valence-corrected chi connectivity index (χ1v) is 8.04. The van der Waals surface area contributed by atoms with Crippen molar-refractivity contribution in [1.82, 2.24) is 0 Å². The van der Waals surface area contributed by atoms with Crippen molar-refractivity contribution in [1.29, 1.82) is 0 Å². The smallest absolute Gasteiger partial charge is 0.273 e. The molecule has 0 aliphatic rings. The third kappa shape index (κ3) is 5.49. The summed E-state index contributed by atoms with van der Waals surface area (Å²) in [6.07, 6.45) is 7.56. The van der Waals surface area contributed by atoms with Crippen LogP contribution in [0.4, 0.5) is 11.4 Å². The van der Waals surface area contributed by atoms with Crippen molar-refractivity contribution in [2.24, 2.45) is 0 Å². The summed E-state index contributed by atoms with van der Waals surface area (Å²) in [6, 6.07) is 3.40. The van der Waals surface area contributed by atoms with Crippen LogP contribution in [-0.4, -0.2) is 11.5 Å². The van der Waals surface area contributed by atoms with E-state index in [1.807, 2.05) is 6.07 Å². The van der Waals surface area contributed by atoms with Gasteiger partial charge in [-0.3, -0.25) is 10.1 Å². The normalized spacial score (nSPS) is 10.6. The van der Waals surface area contributed by atoms with Gasteiger partial charge < -0.3 is 5.32 Å². The van der Waals surface area contributed by atoms with E-state index in [2.05, 4.69) is 28.2 Å². The van der Waals surface area contributed by atoms with Crippen LogP contribution in [0.1, 0.15) is 51.0 Å². The summed E-state index contributed by atoms with van der Waals surface area (Å²) in [7, 11) is 0. The molecule has 0 aliphatic carbocycles. The Hall–Kier alpha value is -1.10. The second-order valence-corrected chi connectivity index (χ2v) is 5.92. The number of hydrogen-bond donors (Lipinski definition) is 1. The van der Waals surface area contributed by atoms with E-state index < -0.39 is 0 Å². The van der Waals surface area contributed by atoms with Crippen LogP contribution < -0.4 is 5.32 Å². The minimum Gasteiger partial charge on any atom is -0.384 e. The van der Waals surface area contributed by atoms with Crippen LogP contribution in [0.3, 0.4) is 0 Å². The quantitative estimate of drug-likeness (QED) is 0.369. The average Bonchev–Trinajstić information content (AvgIpc) is 2.40. The van der Waals surface area contributed by atoms with Crippen LogP contribution in [0.25, 0.3) is 0 Å². The number of nitrogens with zero attached hydrogens (tertiary/aromatic N) is 1. The molecule has 0 spiro atoms. The fourth-order valence-corrected chi connectivity index (χ4v) is 2.60. The minimum absolute atomic E-state index is 0.155. The van der Waals surface area contributed by atoms with E-state index in [1.54, 1.807) is 13.0 Å². The van der Waals surface area contributed by atoms with Crippen molar-refractivity contribution in [3.05, 3.63) is 32.3 Å². The van der Waals surface area contributed by atoms with Gasteiger partial charge in [-0.1, -0.05) is 39.0 Å². The topological polar surface area (TPSA) is 55.2 Å². The number of nitrogens with one attached hydrogen (secondary N) is 1. The maximum Gasteiger partial charge on any atom is 0.273 e. The first-order valence-electron chi connectivity index (χ1n) is 7.24. The van der Waals surface area contributed by atoms with Crippen molar-refractivity contribution in [3.63, 3.8) is 0 Å². The van der Waals surface area contributed by atoms with Gasteiger partial charge in [-0.15, -0.1) is 0 Å². The van der Waals surface area contributed by atoms with Crippen molar-refractivity contribution >= 4 is 27.3 Å². The summed E-state index contributed by atoms with van der Waals surface area (Å²) < 4.78 is 0.751. The third-order valence-electron chi connectivity index (χ3n) is 3.33. The van der Waals surface area contributed by atoms with Crippen LogP contribution in [0.15, 0.2) is 16.6 Å². The maximum absolute atomic E-state index is 10.8. The van der Waals surface area contributed by atoms with Gasteiger partial charge in [-0.25, -0.2) is 0 Å². The molecule has 112 valence electrons. The van der Waals surface area contributed by atoms with Crippen LogP contribution in [0.5, 0.6) is 0 Å². The highest BCUT2D eigenvalue weighted by atomic mass is 79.9. The zero-order chi connectivity index (χ0) is 15.0. The number of nitro benzene ring substituents is 1. The van der Waals surface area contributed by atoms with Gasteiger partial charge in [0.1, 0.15) is 0 Å². The summed E-state index contributed by atoms with van der Waals surface area (Å²) >= 11 is 3.39. The molecule has 0 aromatic heterocycles. The SMILES string of the molecule is CCCCCCCCNc1cc(C)c([N+](=O)[O-])cc1Br. The van der Waals surface area contributed by atoms with E-state index in [0.29, 0.717) is 5.56 Å². The van der Waals surface area contributed by atoms with Crippen molar-refractivity contribution in [2.45, 2.75) is 52.4 Å². The molecule has 0 saturated heterocycles. The van der Waals surface area contributed by atoms with Gasteiger partial charge in [0, 0.05) is 28.3 Å². The second kappa shape index (κ2) is 8.95. The highest BCUT2D eigenvalue weighted by Gasteiger charge is 2.13. The van der Waals surface area contributed by atoms with E-state index in [0.717, 1.165) is 23.1 Å². The summed E-state index contributed by atoms with van der Waals surface area (Å²) in [4.78, 5) is 10.5. The van der Waals surface area contributed by atoms with E-state index >= 15 is 0 Å². The Morgan fingerprint density at radius 1 is 1.20 bits per heavy atom. The van der Waals surface area contributed by atoms with E-state index in [4.69, 9.17) is 0 Å². The molecule has 5 heteroatoms. The van der Waals surface area contributed by atoms with Gasteiger partial charge in [-0.2, -0.15) is 0 Å². The Morgan fingerprint density at radius 2 is 1.85 bits per heavy atom. The number of unbranched alkanes of at least 4 members (excludes halogenated alkanes) is 5. The van der Waals surface area contributed by atoms with Crippen molar-refractivity contribution in [2.75, 3.05) is 11.9 Å². The van der Waals surface area contributed by atoms with Gasteiger partial charge >= 0.3 is 0 Å². The number of rotatable bonds is 9. The predicted molar refractivity (Wildman–Crippen MR) is 87.4 cm³/mol. The molecule has 0 saturated carbocycles. The summed E-state index contributed by atoms with van der Waals surface area (Å²) in [6.45, 7) is 4.89. The first-order chi connectivity index (χ1) is 9.56. The van der Waals surface area contributed by atoms with Crippen LogP contribution >= 0.6 is 15.9 Å². The summed E-state index contributed by atoms with van der Waals surface area (Å²) in [5, 5.41) is 14.2. The largest absolute Gasteiger partial charge is 0.384 e. The fourth-order valence-electron chi connectivity index (χ4n) is 2.13. The lowest BCUT2D eigenvalue weighted by Gasteiger charge is -2.10. The lowest BCUT2D eigenvalue weighted by atomic mass is 10.1. The maximum atomic E-state index is 10.8. The van der Waals surface area contributed by atoms with Gasteiger partial charge in [0.15, 0.2) is 0 Å². The van der Waals surface area contributed by atoms with Crippen LogP contribution in [0, 0.1) is 17.0 Å². The Balaban J connectivity index is 2.41. The minimum atomic E-state index is -0.350. The predicted octanol–water partition coefficient (Wildman–Crippen LogP) is 5.44. The third-order valence-corrected chi connectivity index (χ3v) is 3.98. The molecule has 0 radical (unpaired) electrons. The number of benzene rings is 1. The summed E-state index contributed by atoms with van der Waals surface area (Å²) in [5.74, 6) is 0. The van der Waals surface area contributed by atoms with Gasteiger partial charge in [0.2, 0.25) is 0 Å². The number of nitro groups is 1. The lowest BCUT2D eigenvalue weighted by Crippen LogP contribution is -2.03. The van der Waals surface area contributed by atoms with E-state index in [9.17, 15) is 10.1 Å². The van der Waals surface area contributed by atoms with Crippen molar-refractivity contribution < 1.29 is 4.92 Å². The lowest BCUT2D eigenvalue weighted by molar-refractivity contribution is -0.385. The van der Waals surface area contributed by atoms with Crippen molar-refractivity contribution in [3.8, 4) is 0 Å². The fraction of sp³-hybridized carbons (Fsp3) is 0.600. The number of hydrogen-bond acceptors (Lipinski definition) is 3. The average molecular weight is 343 g/mol. The highest BCUT2D eigenvalue weighted by molar-refractivity contribution is 9.10. The number of aryl methyl sites for hydroxylation is 1. The first kappa shape index (κ1) is 17.0. The van der Waals surface area contributed by atoms with Gasteiger partial charge in [0.05, 0.1) is 4.92 Å². The molecular formula is C15H23BrN2O2. The highest BCUT2D eigenvalue weighted by Crippen LogP contribution is 2.30. The summed E-state index contributed by atoms with van der Waals surface area (Å²) in [5.41, 5.74) is 1.77. The molecule has 1 N–H and O–H groups in total. The zero-order valence-electron chi connectivity index (χ0n) is 12.2. The molecule has 0 bridgehead atoms. The molecule has 0 atom stereocenters. The zero-order valence-corrected chi connectivity index (χ0v) is 13.8. The Bertz CT molecular complexity index is 450.